The van der Waals surface area contributed by atoms with Gasteiger partial charge in [0.25, 0.3) is 0 Å². The maximum atomic E-state index is 12.2. The quantitative estimate of drug-likeness (QED) is 0.596. The van der Waals surface area contributed by atoms with E-state index in [9.17, 15) is 9.59 Å². The van der Waals surface area contributed by atoms with Gasteiger partial charge in [0.1, 0.15) is 0 Å². The first kappa shape index (κ1) is 15.7. The normalized spacial score (nSPS) is 11.2. The zero-order valence-electron chi connectivity index (χ0n) is 11.6. The predicted molar refractivity (Wildman–Crippen MR) is 79.2 cm³/mol. The molecule has 102 valence electrons. The second kappa shape index (κ2) is 7.92. The Bertz CT molecular complexity index is 464. The summed E-state index contributed by atoms with van der Waals surface area (Å²) in [5.74, 6) is -0.0203. The van der Waals surface area contributed by atoms with E-state index in [1.54, 1.807) is 11.0 Å². The summed E-state index contributed by atoms with van der Waals surface area (Å²) in [5, 5.41) is 0. The number of amides is 1. The summed E-state index contributed by atoms with van der Waals surface area (Å²) in [7, 11) is 0. The van der Waals surface area contributed by atoms with Crippen molar-refractivity contribution in [2.45, 2.75) is 20.8 Å². The van der Waals surface area contributed by atoms with E-state index in [0.717, 1.165) is 10.0 Å². The van der Waals surface area contributed by atoms with Gasteiger partial charge in [0.05, 0.1) is 0 Å². The van der Waals surface area contributed by atoms with E-state index in [-0.39, 0.29) is 25.5 Å². The average Bonchev–Trinajstić information content (AvgIpc) is 2.40. The van der Waals surface area contributed by atoms with Gasteiger partial charge in [-0.25, -0.2) is 0 Å². The van der Waals surface area contributed by atoms with Crippen LogP contribution in [0.4, 0.5) is 4.79 Å². The zero-order chi connectivity index (χ0) is 14.3. The van der Waals surface area contributed by atoms with Crippen molar-refractivity contribution in [1.82, 2.24) is 4.90 Å². The summed E-state index contributed by atoms with van der Waals surface area (Å²) in [6.07, 6.45) is 1.58. The Balaban J connectivity index is 2.95. The van der Waals surface area contributed by atoms with Crippen LogP contribution in [-0.2, 0) is 4.79 Å². The van der Waals surface area contributed by atoms with Crippen molar-refractivity contribution in [1.29, 1.82) is 0 Å². The number of rotatable bonds is 6. The van der Waals surface area contributed by atoms with Gasteiger partial charge in [-0.3, -0.25) is 0 Å². The fourth-order valence-corrected chi connectivity index (χ4v) is 3.81. The van der Waals surface area contributed by atoms with Crippen LogP contribution in [0.1, 0.15) is 26.3 Å². The summed E-state index contributed by atoms with van der Waals surface area (Å²) in [4.78, 5) is 25.4. The molecule has 1 aromatic carbocycles. The SMILES string of the molecule is CCN(CC)C(=O)[Se]/C(=C\C(C)=O)c1ccccc1. The third-order valence-electron chi connectivity index (χ3n) is 2.61. The van der Waals surface area contributed by atoms with Crippen LogP contribution in [0.15, 0.2) is 36.4 Å². The number of carbonyl (C=O) groups excluding carboxylic acids is 2. The van der Waals surface area contributed by atoms with Crippen LogP contribution >= 0.6 is 0 Å². The van der Waals surface area contributed by atoms with Gasteiger partial charge >= 0.3 is 120 Å². The molecule has 0 saturated carbocycles. The summed E-state index contributed by atoms with van der Waals surface area (Å²) in [6, 6.07) is 9.63. The zero-order valence-corrected chi connectivity index (χ0v) is 13.3. The van der Waals surface area contributed by atoms with Crippen LogP contribution in [0.25, 0.3) is 4.47 Å². The van der Waals surface area contributed by atoms with Crippen molar-refractivity contribution in [2.75, 3.05) is 13.1 Å². The number of hydrogen-bond donors (Lipinski definition) is 0. The molecule has 0 spiro atoms. The van der Waals surface area contributed by atoms with Crippen molar-refractivity contribution in [3.8, 4) is 0 Å². The van der Waals surface area contributed by atoms with Gasteiger partial charge in [-0.05, 0) is 0 Å². The van der Waals surface area contributed by atoms with Gasteiger partial charge in [-0.1, -0.05) is 0 Å². The molecule has 1 aromatic rings. The molecule has 0 unspecified atom stereocenters. The fraction of sp³-hybridized carbons (Fsp3) is 0.333. The van der Waals surface area contributed by atoms with E-state index < -0.39 is 0 Å². The number of hydrogen-bond acceptors (Lipinski definition) is 2. The van der Waals surface area contributed by atoms with E-state index in [4.69, 9.17) is 0 Å². The van der Waals surface area contributed by atoms with Gasteiger partial charge in [-0.15, -0.1) is 0 Å². The first-order chi connectivity index (χ1) is 9.08. The Hall–Kier alpha value is -1.38. The molecule has 0 fully saturated rings. The van der Waals surface area contributed by atoms with Crippen LogP contribution in [0.2, 0.25) is 0 Å². The molecule has 0 atom stereocenters. The van der Waals surface area contributed by atoms with Crippen molar-refractivity contribution in [3.63, 3.8) is 0 Å². The topological polar surface area (TPSA) is 37.4 Å². The van der Waals surface area contributed by atoms with Crippen molar-refractivity contribution in [3.05, 3.63) is 42.0 Å². The van der Waals surface area contributed by atoms with Crippen LogP contribution < -0.4 is 0 Å². The molecule has 3 nitrogen and oxygen atoms in total. The number of ketones is 1. The van der Waals surface area contributed by atoms with Crippen molar-refractivity contribution >= 4 is 30.0 Å². The summed E-state index contributed by atoms with van der Waals surface area (Å²) < 4.78 is 0.845. The molecule has 0 radical (unpaired) electrons. The Morgan fingerprint density at radius 1 is 1.16 bits per heavy atom. The number of carbonyl (C=O) groups is 2. The number of nitrogens with zero attached hydrogens (tertiary/aromatic N) is 1. The second-order valence-electron chi connectivity index (χ2n) is 4.03. The average molecular weight is 324 g/mol. The molecular formula is C15H19NO2Se. The van der Waals surface area contributed by atoms with Gasteiger partial charge in [-0.2, -0.15) is 0 Å². The predicted octanol–water partition coefficient (Wildman–Crippen LogP) is 2.78. The molecule has 0 saturated heterocycles. The van der Waals surface area contributed by atoms with Crippen LogP contribution in [0.5, 0.6) is 0 Å². The van der Waals surface area contributed by atoms with Gasteiger partial charge in [0, 0.05) is 0 Å². The Morgan fingerprint density at radius 2 is 1.74 bits per heavy atom. The third kappa shape index (κ3) is 5.01. The molecule has 0 N–H and O–H groups in total. The van der Waals surface area contributed by atoms with Crippen LogP contribution in [-0.4, -0.2) is 43.5 Å². The third-order valence-corrected chi connectivity index (χ3v) is 4.72. The van der Waals surface area contributed by atoms with Gasteiger partial charge in [0.2, 0.25) is 0 Å². The molecule has 0 aromatic heterocycles. The van der Waals surface area contributed by atoms with E-state index in [0.29, 0.717) is 13.1 Å². The molecule has 19 heavy (non-hydrogen) atoms. The van der Waals surface area contributed by atoms with E-state index in [1.807, 2.05) is 44.2 Å². The van der Waals surface area contributed by atoms with E-state index >= 15 is 0 Å². The van der Waals surface area contributed by atoms with Crippen LogP contribution in [0.3, 0.4) is 0 Å². The Labute approximate surface area is 120 Å². The standard InChI is InChI=1S/C15H19NO2Se/c1-4-16(5-2)15(18)19-14(11-12(3)17)13-9-7-6-8-10-13/h6-11H,4-5H2,1-3H3/b14-11-. The number of allylic oxidation sites excluding steroid dienone is 1. The van der Waals surface area contributed by atoms with Gasteiger partial charge < -0.3 is 0 Å². The van der Waals surface area contributed by atoms with Crippen molar-refractivity contribution in [2.24, 2.45) is 0 Å². The monoisotopic (exact) mass is 325 g/mol. The summed E-state index contributed by atoms with van der Waals surface area (Å²) >= 11 is -0.362. The molecule has 0 aliphatic heterocycles. The molecular weight excluding hydrogens is 305 g/mol. The minimum atomic E-state index is -0.362. The molecule has 1 rings (SSSR count). The summed E-state index contributed by atoms with van der Waals surface area (Å²) in [6.45, 7) is 6.86. The van der Waals surface area contributed by atoms with E-state index in [1.165, 1.54) is 6.92 Å². The maximum absolute atomic E-state index is 12.2. The van der Waals surface area contributed by atoms with Gasteiger partial charge in [0.15, 0.2) is 0 Å². The molecule has 0 aliphatic rings. The first-order valence-corrected chi connectivity index (χ1v) is 8.04. The second-order valence-corrected chi connectivity index (χ2v) is 6.11. The molecule has 4 heteroatoms. The Morgan fingerprint density at radius 3 is 2.21 bits per heavy atom. The van der Waals surface area contributed by atoms with Crippen molar-refractivity contribution < 1.29 is 9.59 Å². The minimum absolute atomic E-state index is 0.0203. The molecule has 0 bridgehead atoms. The van der Waals surface area contributed by atoms with E-state index in [2.05, 4.69) is 0 Å². The number of benzene rings is 1. The molecule has 0 aliphatic carbocycles. The first-order valence-electron chi connectivity index (χ1n) is 6.32. The Kier molecular flexibility index (Phi) is 6.54. The summed E-state index contributed by atoms with van der Waals surface area (Å²) in [5.41, 5.74) is 0.957. The molecule has 0 heterocycles. The molecule has 1 amide bonds. The van der Waals surface area contributed by atoms with Crippen LogP contribution in [0, 0.1) is 0 Å². The fourth-order valence-electron chi connectivity index (χ4n) is 1.60.